The topological polar surface area (TPSA) is 61.0 Å². The molecule has 0 bridgehead atoms. The summed E-state index contributed by atoms with van der Waals surface area (Å²) in [7, 11) is 0. The maximum absolute atomic E-state index is 12.3. The molecule has 1 amide bonds. The molecule has 0 radical (unpaired) electrons. The number of nitrogens with one attached hydrogen (secondary N) is 2. The molecule has 2 N–H and O–H groups in total. The molecule has 0 spiro atoms. The van der Waals surface area contributed by atoms with E-state index in [2.05, 4.69) is 29.1 Å². The predicted octanol–water partition coefficient (Wildman–Crippen LogP) is 2.18. The van der Waals surface area contributed by atoms with E-state index in [0.717, 1.165) is 36.5 Å². The summed E-state index contributed by atoms with van der Waals surface area (Å²) in [6.45, 7) is 6.71. The Bertz CT molecular complexity index is 623. The van der Waals surface area contributed by atoms with Gasteiger partial charge in [-0.25, -0.2) is 4.98 Å². The summed E-state index contributed by atoms with van der Waals surface area (Å²) in [4.78, 5) is 22.2. The number of H-pyrrole nitrogens is 1. The van der Waals surface area contributed by atoms with E-state index < -0.39 is 0 Å². The summed E-state index contributed by atoms with van der Waals surface area (Å²) < 4.78 is 0. The van der Waals surface area contributed by atoms with Crippen LogP contribution in [0.2, 0.25) is 0 Å². The third-order valence-corrected chi connectivity index (χ3v) is 5.11. The monoisotopic (exact) mass is 318 g/mol. The minimum Gasteiger partial charge on any atom is -0.341 e. The van der Waals surface area contributed by atoms with Gasteiger partial charge in [0.05, 0.1) is 22.0 Å². The van der Waals surface area contributed by atoms with Gasteiger partial charge < -0.3 is 15.2 Å². The summed E-state index contributed by atoms with van der Waals surface area (Å²) in [5.41, 5.74) is 2.03. The van der Waals surface area contributed by atoms with Crippen molar-refractivity contribution < 1.29 is 4.79 Å². The SMILES string of the molecule is CC1CN(C(=O)CSC(C)c2nc3ccccc3[nH]2)CCN1. The molecular formula is C16H22N4OS. The van der Waals surface area contributed by atoms with Gasteiger partial charge >= 0.3 is 0 Å². The van der Waals surface area contributed by atoms with E-state index in [-0.39, 0.29) is 11.2 Å². The average molecular weight is 318 g/mol. The molecule has 118 valence electrons. The largest absolute Gasteiger partial charge is 0.341 e. The first kappa shape index (κ1) is 15.4. The Hall–Kier alpha value is -1.53. The molecule has 1 saturated heterocycles. The highest BCUT2D eigenvalue weighted by Gasteiger charge is 2.21. The molecule has 1 fully saturated rings. The lowest BCUT2D eigenvalue weighted by atomic mass is 10.2. The van der Waals surface area contributed by atoms with Gasteiger partial charge in [-0.3, -0.25) is 4.79 Å². The molecule has 1 aromatic heterocycles. The Kier molecular flexibility index (Phi) is 4.69. The summed E-state index contributed by atoms with van der Waals surface area (Å²) in [6, 6.07) is 8.39. The fourth-order valence-corrected chi connectivity index (χ4v) is 3.54. The van der Waals surface area contributed by atoms with Crippen molar-refractivity contribution in [1.29, 1.82) is 0 Å². The zero-order chi connectivity index (χ0) is 15.5. The van der Waals surface area contributed by atoms with Crippen molar-refractivity contribution in [3.8, 4) is 0 Å². The lowest BCUT2D eigenvalue weighted by Crippen LogP contribution is -2.51. The average Bonchev–Trinajstić information content (AvgIpc) is 2.96. The van der Waals surface area contributed by atoms with Crippen LogP contribution in [0.5, 0.6) is 0 Å². The molecule has 1 aromatic carbocycles. The van der Waals surface area contributed by atoms with Crippen LogP contribution in [0.4, 0.5) is 0 Å². The van der Waals surface area contributed by atoms with Gasteiger partial charge in [-0.15, -0.1) is 11.8 Å². The highest BCUT2D eigenvalue weighted by atomic mass is 32.2. The number of aromatic amines is 1. The number of para-hydroxylation sites is 2. The number of benzene rings is 1. The summed E-state index contributed by atoms with van der Waals surface area (Å²) in [5, 5.41) is 3.53. The molecule has 2 unspecified atom stereocenters. The lowest BCUT2D eigenvalue weighted by Gasteiger charge is -2.32. The van der Waals surface area contributed by atoms with Crippen LogP contribution in [0.1, 0.15) is 24.9 Å². The van der Waals surface area contributed by atoms with Crippen LogP contribution < -0.4 is 5.32 Å². The second-order valence-corrected chi connectivity index (χ2v) is 7.12. The number of nitrogens with zero attached hydrogens (tertiary/aromatic N) is 2. The van der Waals surface area contributed by atoms with Crippen molar-refractivity contribution in [2.75, 3.05) is 25.4 Å². The first-order valence-corrected chi connectivity index (χ1v) is 8.76. The number of imidazole rings is 1. The van der Waals surface area contributed by atoms with E-state index in [4.69, 9.17) is 0 Å². The van der Waals surface area contributed by atoms with Crippen molar-refractivity contribution in [3.05, 3.63) is 30.1 Å². The summed E-state index contributed by atoms with van der Waals surface area (Å²) in [5.74, 6) is 1.67. The standard InChI is InChI=1S/C16H22N4OS/c1-11-9-20(8-7-17-11)15(21)10-22-12(2)16-18-13-5-3-4-6-14(13)19-16/h3-6,11-12,17H,7-10H2,1-2H3,(H,18,19). The van der Waals surface area contributed by atoms with Gasteiger partial charge in [0.25, 0.3) is 0 Å². The number of hydrogen-bond acceptors (Lipinski definition) is 4. The number of thioether (sulfide) groups is 1. The van der Waals surface area contributed by atoms with Gasteiger partial charge in [0.2, 0.25) is 5.91 Å². The number of fused-ring (bicyclic) bond motifs is 1. The van der Waals surface area contributed by atoms with E-state index in [0.29, 0.717) is 11.8 Å². The molecule has 1 aliphatic rings. The molecule has 22 heavy (non-hydrogen) atoms. The number of aromatic nitrogens is 2. The molecule has 6 heteroatoms. The fraction of sp³-hybridized carbons (Fsp3) is 0.500. The van der Waals surface area contributed by atoms with Gasteiger partial charge in [0.15, 0.2) is 0 Å². The molecule has 2 atom stereocenters. The maximum atomic E-state index is 12.3. The van der Waals surface area contributed by atoms with Gasteiger partial charge in [0.1, 0.15) is 5.82 Å². The summed E-state index contributed by atoms with van der Waals surface area (Å²) in [6.07, 6.45) is 0. The molecule has 0 aliphatic carbocycles. The molecule has 3 rings (SSSR count). The number of rotatable bonds is 4. The smallest absolute Gasteiger partial charge is 0.232 e. The van der Waals surface area contributed by atoms with Crippen LogP contribution in [-0.2, 0) is 4.79 Å². The van der Waals surface area contributed by atoms with Crippen molar-refractivity contribution >= 4 is 28.7 Å². The first-order chi connectivity index (χ1) is 10.6. The second kappa shape index (κ2) is 6.71. The predicted molar refractivity (Wildman–Crippen MR) is 91.0 cm³/mol. The van der Waals surface area contributed by atoms with Gasteiger partial charge in [-0.2, -0.15) is 0 Å². The van der Waals surface area contributed by atoms with Crippen LogP contribution in [0, 0.1) is 0 Å². The molecular weight excluding hydrogens is 296 g/mol. The van der Waals surface area contributed by atoms with E-state index in [9.17, 15) is 4.79 Å². The first-order valence-electron chi connectivity index (χ1n) is 7.71. The number of hydrogen-bond donors (Lipinski definition) is 2. The van der Waals surface area contributed by atoms with E-state index in [1.165, 1.54) is 0 Å². The van der Waals surface area contributed by atoms with Crippen LogP contribution in [-0.4, -0.2) is 52.2 Å². The Morgan fingerprint density at radius 3 is 3.09 bits per heavy atom. The quantitative estimate of drug-likeness (QED) is 0.907. The minimum atomic E-state index is 0.177. The fourth-order valence-electron chi connectivity index (χ4n) is 2.69. The lowest BCUT2D eigenvalue weighted by molar-refractivity contribution is -0.129. The second-order valence-electron chi connectivity index (χ2n) is 5.79. The Morgan fingerprint density at radius 1 is 1.50 bits per heavy atom. The number of carbonyl (C=O) groups excluding carboxylic acids is 1. The summed E-state index contributed by atoms with van der Waals surface area (Å²) >= 11 is 1.64. The molecule has 1 aliphatic heterocycles. The third-order valence-electron chi connectivity index (χ3n) is 3.97. The number of piperazine rings is 1. The minimum absolute atomic E-state index is 0.177. The van der Waals surface area contributed by atoms with Crippen molar-refractivity contribution in [2.24, 2.45) is 0 Å². The van der Waals surface area contributed by atoms with Crippen LogP contribution >= 0.6 is 11.8 Å². The van der Waals surface area contributed by atoms with Crippen LogP contribution in [0.3, 0.4) is 0 Å². The van der Waals surface area contributed by atoms with Crippen molar-refractivity contribution in [1.82, 2.24) is 20.2 Å². The van der Waals surface area contributed by atoms with Gasteiger partial charge in [-0.05, 0) is 26.0 Å². The normalized spacial score (nSPS) is 20.3. The zero-order valence-corrected chi connectivity index (χ0v) is 13.8. The molecule has 2 aromatic rings. The highest BCUT2D eigenvalue weighted by molar-refractivity contribution is 8.00. The van der Waals surface area contributed by atoms with Crippen molar-refractivity contribution in [2.45, 2.75) is 25.1 Å². The van der Waals surface area contributed by atoms with Crippen LogP contribution in [0.25, 0.3) is 11.0 Å². The Morgan fingerprint density at radius 2 is 2.32 bits per heavy atom. The molecule has 5 nitrogen and oxygen atoms in total. The molecule has 2 heterocycles. The van der Waals surface area contributed by atoms with Gasteiger partial charge in [0, 0.05) is 25.7 Å². The number of carbonyl (C=O) groups is 1. The Balaban J connectivity index is 1.57. The third kappa shape index (κ3) is 3.44. The zero-order valence-electron chi connectivity index (χ0n) is 13.0. The van der Waals surface area contributed by atoms with E-state index in [1.54, 1.807) is 11.8 Å². The maximum Gasteiger partial charge on any atom is 0.232 e. The van der Waals surface area contributed by atoms with Crippen LogP contribution in [0.15, 0.2) is 24.3 Å². The van der Waals surface area contributed by atoms with E-state index in [1.807, 2.05) is 29.2 Å². The highest BCUT2D eigenvalue weighted by Crippen LogP contribution is 2.27. The molecule has 0 saturated carbocycles. The van der Waals surface area contributed by atoms with Gasteiger partial charge in [-0.1, -0.05) is 12.1 Å². The van der Waals surface area contributed by atoms with Crippen molar-refractivity contribution in [3.63, 3.8) is 0 Å². The van der Waals surface area contributed by atoms with E-state index >= 15 is 0 Å². The Labute approximate surface area is 134 Å². The number of amides is 1.